The van der Waals surface area contributed by atoms with Crippen molar-refractivity contribution in [3.05, 3.63) is 157 Å². The van der Waals surface area contributed by atoms with E-state index in [1.54, 1.807) is 0 Å². The van der Waals surface area contributed by atoms with E-state index in [9.17, 15) is 4.79 Å². The minimum absolute atomic E-state index is 0.115. The summed E-state index contributed by atoms with van der Waals surface area (Å²) in [4.78, 5) is 13.8. The first-order valence-corrected chi connectivity index (χ1v) is 15.9. The first-order chi connectivity index (χ1) is 22.8. The molecule has 210 valence electrons. The molecule has 0 saturated heterocycles. The van der Waals surface area contributed by atoms with Crippen LogP contribution in [-0.4, -0.2) is 5.78 Å². The summed E-state index contributed by atoms with van der Waals surface area (Å²) in [5.74, 6) is 0.115. The Hall–Kier alpha value is -6.05. The molecule has 0 aliphatic heterocycles. The molecular formula is C45H24O. The van der Waals surface area contributed by atoms with Gasteiger partial charge in [0.1, 0.15) is 0 Å². The van der Waals surface area contributed by atoms with E-state index < -0.39 is 0 Å². The Labute approximate surface area is 265 Å². The summed E-state index contributed by atoms with van der Waals surface area (Å²) in [5.41, 5.74) is 13.9. The fourth-order valence-corrected chi connectivity index (χ4v) is 8.66. The topological polar surface area (TPSA) is 17.1 Å². The van der Waals surface area contributed by atoms with Gasteiger partial charge in [-0.25, -0.2) is 0 Å². The zero-order valence-electron chi connectivity index (χ0n) is 24.8. The van der Waals surface area contributed by atoms with Crippen molar-refractivity contribution in [2.75, 3.05) is 0 Å². The number of hydrogen-bond donors (Lipinski definition) is 0. The van der Waals surface area contributed by atoms with Gasteiger partial charge in [-0.15, -0.1) is 0 Å². The molecule has 9 aromatic rings. The third-order valence-corrected chi connectivity index (χ3v) is 10.5. The minimum Gasteiger partial charge on any atom is -0.289 e. The van der Waals surface area contributed by atoms with E-state index >= 15 is 0 Å². The van der Waals surface area contributed by atoms with E-state index in [1.807, 2.05) is 18.2 Å². The lowest BCUT2D eigenvalue weighted by molar-refractivity contribution is 0.104. The van der Waals surface area contributed by atoms with Crippen molar-refractivity contribution in [3.63, 3.8) is 0 Å². The van der Waals surface area contributed by atoms with Gasteiger partial charge in [-0.2, -0.15) is 0 Å². The summed E-state index contributed by atoms with van der Waals surface area (Å²) in [6, 6.07) is 52.3. The molecule has 0 N–H and O–H groups in total. The van der Waals surface area contributed by atoms with Gasteiger partial charge in [0.05, 0.1) is 0 Å². The molecule has 9 aromatic carbocycles. The molecule has 0 spiro atoms. The number of hydrogen-bond acceptors (Lipinski definition) is 1. The van der Waals surface area contributed by atoms with Crippen LogP contribution in [0.25, 0.3) is 98.7 Å². The van der Waals surface area contributed by atoms with Crippen LogP contribution in [0.15, 0.2) is 146 Å². The summed E-state index contributed by atoms with van der Waals surface area (Å²) >= 11 is 0. The van der Waals surface area contributed by atoms with Gasteiger partial charge < -0.3 is 0 Å². The lowest BCUT2D eigenvalue weighted by atomic mass is 9.79. The largest absolute Gasteiger partial charge is 0.289 e. The van der Waals surface area contributed by atoms with E-state index in [0.29, 0.717) is 0 Å². The Morgan fingerprint density at radius 1 is 0.261 bits per heavy atom. The second-order valence-corrected chi connectivity index (χ2v) is 12.7. The molecule has 1 nitrogen and oxygen atoms in total. The summed E-state index contributed by atoms with van der Waals surface area (Å²) in [6.45, 7) is 0. The van der Waals surface area contributed by atoms with Crippen LogP contribution in [0.5, 0.6) is 0 Å². The van der Waals surface area contributed by atoms with E-state index in [-0.39, 0.29) is 5.78 Å². The van der Waals surface area contributed by atoms with Gasteiger partial charge in [-0.05, 0) is 99.4 Å². The van der Waals surface area contributed by atoms with Crippen LogP contribution >= 0.6 is 0 Å². The van der Waals surface area contributed by atoms with E-state index in [2.05, 4.69) is 127 Å². The maximum atomic E-state index is 13.8. The summed E-state index contributed by atoms with van der Waals surface area (Å²) < 4.78 is 0. The number of benzene rings is 9. The summed E-state index contributed by atoms with van der Waals surface area (Å²) in [7, 11) is 0. The molecule has 0 aromatic heterocycles. The number of fused-ring (bicyclic) bond motifs is 7. The van der Waals surface area contributed by atoms with Crippen LogP contribution in [0.2, 0.25) is 0 Å². The van der Waals surface area contributed by atoms with Gasteiger partial charge >= 0.3 is 0 Å². The summed E-state index contributed by atoms with van der Waals surface area (Å²) in [6.07, 6.45) is 0. The van der Waals surface area contributed by atoms with Crippen LogP contribution in [-0.2, 0) is 0 Å². The van der Waals surface area contributed by atoms with Crippen LogP contribution < -0.4 is 0 Å². The third-order valence-electron chi connectivity index (χ3n) is 10.5. The zero-order chi connectivity index (χ0) is 30.1. The van der Waals surface area contributed by atoms with Gasteiger partial charge in [0, 0.05) is 16.5 Å². The molecule has 2 aliphatic rings. The van der Waals surface area contributed by atoms with Gasteiger partial charge in [-0.1, -0.05) is 140 Å². The maximum Gasteiger partial charge on any atom is 0.194 e. The maximum absolute atomic E-state index is 13.8. The van der Waals surface area contributed by atoms with Crippen molar-refractivity contribution >= 4 is 48.9 Å². The molecule has 0 unspecified atom stereocenters. The number of ketones is 1. The zero-order valence-corrected chi connectivity index (χ0v) is 24.8. The molecule has 0 amide bonds. The van der Waals surface area contributed by atoms with Crippen LogP contribution in [0.4, 0.5) is 0 Å². The first-order valence-electron chi connectivity index (χ1n) is 15.9. The molecule has 1 heteroatoms. The SMILES string of the molecule is O=C1c2ccccc2-c2ccc3c4ccc5c6c(ccc(c7ccc1c2c73)c64)-c1c(-c2ccccc2)ccc(-c2ccccc2)c1-5. The van der Waals surface area contributed by atoms with E-state index in [0.717, 1.165) is 27.6 Å². The van der Waals surface area contributed by atoms with E-state index in [4.69, 9.17) is 0 Å². The minimum atomic E-state index is 0.115. The molecule has 0 atom stereocenters. The second-order valence-electron chi connectivity index (χ2n) is 12.7. The molecule has 0 radical (unpaired) electrons. The third kappa shape index (κ3) is 2.89. The van der Waals surface area contributed by atoms with Crippen molar-refractivity contribution in [2.45, 2.75) is 0 Å². The Balaban J connectivity index is 1.30. The van der Waals surface area contributed by atoms with Crippen molar-refractivity contribution < 1.29 is 4.79 Å². The monoisotopic (exact) mass is 580 g/mol. The highest BCUT2D eigenvalue weighted by Gasteiger charge is 2.31. The molecule has 11 rings (SSSR count). The number of rotatable bonds is 2. The normalized spacial score (nSPS) is 12.8. The second kappa shape index (κ2) is 8.56. The molecule has 0 fully saturated rings. The van der Waals surface area contributed by atoms with Crippen molar-refractivity contribution in [1.82, 2.24) is 0 Å². The van der Waals surface area contributed by atoms with Gasteiger partial charge in [0.25, 0.3) is 0 Å². The van der Waals surface area contributed by atoms with Gasteiger partial charge in [0.15, 0.2) is 5.78 Å². The van der Waals surface area contributed by atoms with Crippen molar-refractivity contribution in [2.24, 2.45) is 0 Å². The molecule has 0 bridgehead atoms. The average molecular weight is 581 g/mol. The lowest BCUT2D eigenvalue weighted by Gasteiger charge is -2.23. The van der Waals surface area contributed by atoms with E-state index in [1.165, 1.54) is 82.2 Å². The Morgan fingerprint density at radius 2 is 0.652 bits per heavy atom. The van der Waals surface area contributed by atoms with Crippen LogP contribution in [0.3, 0.4) is 0 Å². The molecule has 46 heavy (non-hydrogen) atoms. The van der Waals surface area contributed by atoms with Crippen molar-refractivity contribution in [1.29, 1.82) is 0 Å². The predicted molar refractivity (Wildman–Crippen MR) is 192 cm³/mol. The quantitative estimate of drug-likeness (QED) is 0.147. The Bertz CT molecular complexity index is 2670. The van der Waals surface area contributed by atoms with Crippen LogP contribution in [0, 0.1) is 0 Å². The van der Waals surface area contributed by atoms with Gasteiger partial charge in [-0.3, -0.25) is 4.79 Å². The lowest BCUT2D eigenvalue weighted by Crippen LogP contribution is -2.10. The standard InChI is InChI=1S/C45H24O/c46-45-35-14-8-7-13-29(35)30-17-18-31-32-19-22-36-39-27(25-9-3-1-4-10-25)15-16-28(26-11-5-2-6-12-26)40(39)37-23-20-33(42(32)44(36)37)34-21-24-38(45)43(30)41(31)34/h1-24H. The summed E-state index contributed by atoms with van der Waals surface area (Å²) in [5, 5.41) is 9.82. The number of carbonyl (C=O) groups excluding carboxylic acids is 1. The predicted octanol–water partition coefficient (Wildman–Crippen LogP) is 11.9. The highest BCUT2D eigenvalue weighted by Crippen LogP contribution is 2.57. The van der Waals surface area contributed by atoms with Crippen molar-refractivity contribution in [3.8, 4) is 55.6 Å². The van der Waals surface area contributed by atoms with Gasteiger partial charge in [0.2, 0.25) is 0 Å². The first kappa shape index (κ1) is 24.3. The highest BCUT2D eigenvalue weighted by atomic mass is 16.1. The average Bonchev–Trinajstić information content (AvgIpc) is 3.47. The Kier molecular flexibility index (Phi) is 4.52. The molecule has 0 heterocycles. The Morgan fingerprint density at radius 3 is 1.17 bits per heavy atom. The number of carbonyl (C=O) groups is 1. The highest BCUT2D eigenvalue weighted by molar-refractivity contribution is 6.41. The molecule has 2 aliphatic carbocycles. The van der Waals surface area contributed by atoms with Crippen LogP contribution in [0.1, 0.15) is 15.9 Å². The fraction of sp³-hybridized carbons (Fsp3) is 0. The smallest absolute Gasteiger partial charge is 0.194 e. The fourth-order valence-electron chi connectivity index (χ4n) is 8.66. The molecule has 0 saturated carbocycles. The molecular weight excluding hydrogens is 556 g/mol.